The molecule has 0 rings (SSSR count). The van der Waals surface area contributed by atoms with Crippen molar-refractivity contribution in [1.29, 1.82) is 0 Å². The third-order valence-electron chi connectivity index (χ3n) is 0. The largest absolute Gasteiger partial charge is 2.00 e. The first-order valence-corrected chi connectivity index (χ1v) is 6.99. The molecule has 0 aromatic heterocycles. The van der Waals surface area contributed by atoms with Gasteiger partial charge in [0, 0.05) is 77.7 Å². The molecule has 0 amide bonds. The molecule has 0 saturated heterocycles. The number of nitrogens with zero attached hydrogens (tertiary/aromatic N) is 2. The molecular formula is C4H12N2O10S2U-6. The Kier molecular flexibility index (Phi) is 81.2. The smallest absolute Gasteiger partial charge is 0.0689 e. The van der Waals surface area contributed by atoms with Gasteiger partial charge in [0.1, 0.15) is 0 Å². The third kappa shape index (κ3) is 40300. The Morgan fingerprint density at radius 3 is 0.684 bits per heavy atom. The molecule has 0 saturated carbocycles. The van der Waals surface area contributed by atoms with Crippen LogP contribution in [0.15, 0.2) is 0 Å². The molecule has 0 heterocycles. The molecule has 15 heteroatoms. The van der Waals surface area contributed by atoms with Crippen molar-refractivity contribution in [2.45, 2.75) is 0 Å². The van der Waals surface area contributed by atoms with Crippen molar-refractivity contribution in [3.63, 3.8) is 0 Å². The molecular weight excluding hydrogens is 538 g/mol. The molecule has 0 unspecified atom stereocenters. The van der Waals surface area contributed by atoms with Crippen molar-refractivity contribution >= 4 is 21.6 Å². The van der Waals surface area contributed by atoms with Crippen molar-refractivity contribution in [2.75, 3.05) is 25.0 Å². The molecule has 0 radical (unpaired) electrons. The van der Waals surface area contributed by atoms with Crippen LogP contribution in [-0.2, 0) is 32.6 Å². The summed E-state index contributed by atoms with van der Waals surface area (Å²) in [5.41, 5.74) is 0. The van der Waals surface area contributed by atoms with Gasteiger partial charge in [0.2, 0.25) is 0 Å². The first-order valence-electron chi connectivity index (χ1n) is 3.06. The maximum Gasteiger partial charge on any atom is 0.0689 e. The summed E-state index contributed by atoms with van der Waals surface area (Å²) in [5, 5.41) is 29.5. The van der Waals surface area contributed by atoms with Crippen LogP contribution in [0.5, 0.6) is 0 Å². The van der Waals surface area contributed by atoms with E-state index in [0.717, 1.165) is 0 Å². The third-order valence-corrected chi connectivity index (χ3v) is 0. The fraction of sp³-hybridized carbons (Fsp3) is 1.00. The Morgan fingerprint density at radius 2 is 0.684 bits per heavy atom. The molecule has 0 aromatic rings. The van der Waals surface area contributed by atoms with E-state index in [-0.39, 0.29) is 42.1 Å². The molecule has 0 atom stereocenters. The minimum absolute atomic E-state index is 0. The van der Waals surface area contributed by atoms with Crippen LogP contribution in [0.4, 0.5) is 0 Å². The summed E-state index contributed by atoms with van der Waals surface area (Å²) in [6, 6.07) is 0. The Labute approximate surface area is 137 Å². The average Bonchev–Trinajstić information content (AvgIpc) is 1.76. The van der Waals surface area contributed by atoms with Gasteiger partial charge in [-0.25, -0.2) is 0 Å². The van der Waals surface area contributed by atoms with E-state index in [0.29, 0.717) is 0 Å². The van der Waals surface area contributed by atoms with Gasteiger partial charge in [-0.15, -0.1) is 0 Å². The van der Waals surface area contributed by atoms with E-state index in [2.05, 4.69) is 0 Å². The molecule has 0 aliphatic heterocycles. The molecule has 120 valence electrons. The number of rotatable bonds is 0. The van der Waals surface area contributed by atoms with Crippen molar-refractivity contribution in [2.24, 2.45) is 0 Å². The minimum atomic E-state index is -1.75. The van der Waals surface area contributed by atoms with E-state index >= 15 is 0 Å². The SMILES string of the molecule is CS(C)=O.CS(C)=O.O=[N+]([O-])[O-].O=[N+]([O-])[O-].[O-2].[O-2].[U]. The minimum Gasteiger partial charge on any atom is -2.00 e. The summed E-state index contributed by atoms with van der Waals surface area (Å²) < 4.78 is 19.1. The summed E-state index contributed by atoms with van der Waals surface area (Å²) in [6.07, 6.45) is 6.56. The summed E-state index contributed by atoms with van der Waals surface area (Å²) >= 11 is 0. The zero-order valence-electron chi connectivity index (χ0n) is 10.3. The van der Waals surface area contributed by atoms with E-state index in [1.807, 2.05) is 0 Å². The predicted molar refractivity (Wildman–Crippen MR) is 62.1 cm³/mol. The van der Waals surface area contributed by atoms with E-state index in [1.54, 1.807) is 25.0 Å². The van der Waals surface area contributed by atoms with Gasteiger partial charge in [-0.2, -0.15) is 0 Å². The standard InChI is InChI=1S/2C2H6OS.2NO3.2O.U/c2*1-4(2)3;2*2-1(3)4;;;/h2*1-2H3;;;;;/q;;2*-1;2*-2;. The quantitative estimate of drug-likeness (QED) is 0.275. The van der Waals surface area contributed by atoms with Crippen LogP contribution in [0.3, 0.4) is 0 Å². The monoisotopic (exact) mass is 550 g/mol. The molecule has 19 heavy (non-hydrogen) atoms. The van der Waals surface area contributed by atoms with Gasteiger partial charge >= 0.3 is 0 Å². The van der Waals surface area contributed by atoms with Gasteiger partial charge in [-0.3, -0.25) is 8.42 Å². The molecule has 0 fully saturated rings. The number of hydrogen-bond acceptors (Lipinski definition) is 8. The second kappa shape index (κ2) is 36.1. The van der Waals surface area contributed by atoms with Crippen LogP contribution in [0.2, 0.25) is 0 Å². The van der Waals surface area contributed by atoms with Crippen molar-refractivity contribution in [3.05, 3.63) is 30.6 Å². The zero-order valence-corrected chi connectivity index (χ0v) is 16.1. The van der Waals surface area contributed by atoms with Crippen LogP contribution in [0.1, 0.15) is 0 Å². The van der Waals surface area contributed by atoms with E-state index in [9.17, 15) is 8.42 Å². The van der Waals surface area contributed by atoms with E-state index < -0.39 is 31.8 Å². The average molecular weight is 550 g/mol. The maximum absolute atomic E-state index is 9.56. The molecule has 0 N–H and O–H groups in total. The first kappa shape index (κ1) is 42.8. The summed E-state index contributed by atoms with van der Waals surface area (Å²) in [4.78, 5) is 16.5. The van der Waals surface area contributed by atoms with Gasteiger partial charge < -0.3 is 41.6 Å². The molecule has 0 spiro atoms. The Balaban J connectivity index is -0.0000000192. The number of hydrogen-bond donors (Lipinski definition) is 0. The molecule has 0 aliphatic carbocycles. The van der Waals surface area contributed by atoms with Gasteiger partial charge in [-0.05, 0) is 0 Å². The molecule has 12 nitrogen and oxygen atoms in total. The van der Waals surface area contributed by atoms with Crippen LogP contribution < -0.4 is 0 Å². The summed E-state index contributed by atoms with van der Waals surface area (Å²) in [7, 11) is -1.22. The normalized spacial score (nSPS) is 6.21. The Bertz CT molecular complexity index is 176. The molecule has 0 aromatic carbocycles. The molecule has 0 aliphatic rings. The van der Waals surface area contributed by atoms with Gasteiger partial charge in [-0.1, -0.05) is 0 Å². The zero-order chi connectivity index (χ0) is 14.3. The van der Waals surface area contributed by atoms with Gasteiger partial charge in [0.25, 0.3) is 0 Å². The Hall–Kier alpha value is -0.328. The second-order valence-electron chi connectivity index (χ2n) is 1.93. The van der Waals surface area contributed by atoms with Crippen molar-refractivity contribution < 1.29 is 60.7 Å². The Morgan fingerprint density at radius 1 is 0.684 bits per heavy atom. The van der Waals surface area contributed by atoms with Crippen LogP contribution in [-0.4, -0.2) is 43.6 Å². The van der Waals surface area contributed by atoms with Crippen molar-refractivity contribution in [1.82, 2.24) is 0 Å². The van der Waals surface area contributed by atoms with Gasteiger partial charge in [0.05, 0.1) is 10.2 Å². The predicted octanol–water partition coefficient (Wildman–Crippen LogP) is -0.726. The fourth-order valence-electron chi connectivity index (χ4n) is 0. The van der Waals surface area contributed by atoms with Crippen molar-refractivity contribution in [3.8, 4) is 0 Å². The summed E-state index contributed by atoms with van der Waals surface area (Å²) in [5.74, 6) is 0. The second-order valence-corrected chi connectivity index (χ2v) is 4.90. The van der Waals surface area contributed by atoms with Crippen LogP contribution in [0, 0.1) is 61.8 Å². The van der Waals surface area contributed by atoms with Gasteiger partial charge in [0.15, 0.2) is 0 Å². The van der Waals surface area contributed by atoms with E-state index in [4.69, 9.17) is 30.6 Å². The fourth-order valence-corrected chi connectivity index (χ4v) is 0. The van der Waals surface area contributed by atoms with E-state index in [1.165, 1.54) is 0 Å². The maximum atomic E-state index is 9.56. The van der Waals surface area contributed by atoms with Crippen LogP contribution >= 0.6 is 0 Å². The van der Waals surface area contributed by atoms with Crippen LogP contribution in [0.25, 0.3) is 0 Å². The first-order chi connectivity index (χ1) is 6.93. The topological polar surface area (TPSA) is 224 Å². The molecule has 0 bridgehead atoms. The summed E-state index contributed by atoms with van der Waals surface area (Å²) in [6.45, 7) is 0.